The van der Waals surface area contributed by atoms with Gasteiger partial charge < -0.3 is 14.4 Å². The summed E-state index contributed by atoms with van der Waals surface area (Å²) in [4.78, 5) is 0. The van der Waals surface area contributed by atoms with Crippen molar-refractivity contribution >= 4 is 29.3 Å². The molecule has 4 aromatic rings. The molecular formula is C18H20BFN2O4. The lowest BCUT2D eigenvalue weighted by molar-refractivity contribution is -0.857. The Hall–Kier alpha value is -2.71. The second kappa shape index (κ2) is 9.69. The molecular weight excluding hydrogens is 338 g/mol. The number of para-hydroxylation sites is 2. The molecule has 0 saturated carbocycles. The van der Waals surface area contributed by atoms with Crippen molar-refractivity contribution in [3.05, 3.63) is 60.9 Å². The fourth-order valence-corrected chi connectivity index (χ4v) is 2.27. The van der Waals surface area contributed by atoms with Crippen molar-refractivity contribution in [3.8, 4) is 0 Å². The summed E-state index contributed by atoms with van der Waals surface area (Å²) >= 11 is 0. The first-order chi connectivity index (χ1) is 12.5. The Labute approximate surface area is 150 Å². The standard InChI is InChI=1S/2C9H10NO.BFO2/c2*1-2-10-7-8-5-3-4-6-9(8)11-10;2-1(3)4/h2*3-7H,2H2,1H3;/q2*+1;-2. The van der Waals surface area contributed by atoms with Crippen LogP contribution in [0.5, 0.6) is 0 Å². The lowest BCUT2D eigenvalue weighted by atomic mass is 10.3. The maximum absolute atomic E-state index is 9.89. The van der Waals surface area contributed by atoms with Crippen LogP contribution in [0.15, 0.2) is 70.0 Å². The van der Waals surface area contributed by atoms with Crippen LogP contribution in [0.4, 0.5) is 4.32 Å². The van der Waals surface area contributed by atoms with Crippen LogP contribution in [-0.2, 0) is 13.1 Å². The van der Waals surface area contributed by atoms with Gasteiger partial charge in [0.2, 0.25) is 23.6 Å². The summed E-state index contributed by atoms with van der Waals surface area (Å²) < 4.78 is 24.4. The van der Waals surface area contributed by atoms with Crippen LogP contribution in [0.2, 0.25) is 0 Å². The molecule has 0 aliphatic rings. The van der Waals surface area contributed by atoms with E-state index < -0.39 is 7.40 Å². The van der Waals surface area contributed by atoms with Crippen LogP contribution < -0.4 is 19.5 Å². The summed E-state index contributed by atoms with van der Waals surface area (Å²) in [6, 6.07) is 16.0. The maximum atomic E-state index is 9.89. The maximum Gasteiger partial charge on any atom is 0.227 e. The van der Waals surface area contributed by atoms with Gasteiger partial charge in [0, 0.05) is 0 Å². The van der Waals surface area contributed by atoms with Crippen LogP contribution in [0.3, 0.4) is 0 Å². The van der Waals surface area contributed by atoms with Crippen LogP contribution in [0.25, 0.3) is 21.9 Å². The minimum Gasteiger partial charge on any atom is -0.867 e. The highest BCUT2D eigenvalue weighted by Gasteiger charge is 2.06. The fraction of sp³-hybridized carbons (Fsp3) is 0.222. The van der Waals surface area contributed by atoms with Crippen LogP contribution in [0.1, 0.15) is 13.8 Å². The van der Waals surface area contributed by atoms with E-state index >= 15 is 0 Å². The lowest BCUT2D eigenvalue weighted by Gasteiger charge is -2.09. The first-order valence-corrected chi connectivity index (χ1v) is 8.26. The number of hydrogen-bond acceptors (Lipinski definition) is 4. The highest BCUT2D eigenvalue weighted by Crippen LogP contribution is 2.10. The van der Waals surface area contributed by atoms with E-state index in [1.165, 1.54) is 0 Å². The van der Waals surface area contributed by atoms with E-state index in [0.717, 1.165) is 35.0 Å². The molecule has 136 valence electrons. The Kier molecular flexibility index (Phi) is 7.31. The molecule has 6 nitrogen and oxygen atoms in total. The monoisotopic (exact) mass is 358 g/mol. The number of hydrogen-bond donors (Lipinski definition) is 0. The normalized spacial score (nSPS) is 10.0. The average Bonchev–Trinajstić information content (AvgIpc) is 3.24. The van der Waals surface area contributed by atoms with Crippen molar-refractivity contribution in [1.29, 1.82) is 0 Å². The van der Waals surface area contributed by atoms with Gasteiger partial charge in [0.15, 0.2) is 13.1 Å². The molecule has 4 rings (SSSR count). The van der Waals surface area contributed by atoms with E-state index in [-0.39, 0.29) is 0 Å². The third kappa shape index (κ3) is 5.68. The molecule has 0 aliphatic carbocycles. The molecule has 0 unspecified atom stereocenters. The van der Waals surface area contributed by atoms with Crippen LogP contribution >= 0.6 is 0 Å². The van der Waals surface area contributed by atoms with E-state index in [9.17, 15) is 4.32 Å². The minimum atomic E-state index is -3.17. The molecule has 0 amide bonds. The van der Waals surface area contributed by atoms with Gasteiger partial charge in [0.05, 0.1) is 10.8 Å². The smallest absolute Gasteiger partial charge is 0.227 e. The summed E-state index contributed by atoms with van der Waals surface area (Å²) in [6.45, 7) is 5.88. The van der Waals surface area contributed by atoms with E-state index in [1.807, 2.05) is 70.4 Å². The summed E-state index contributed by atoms with van der Waals surface area (Å²) in [5.74, 6) is 0. The zero-order chi connectivity index (χ0) is 18.9. The fourth-order valence-electron chi connectivity index (χ4n) is 2.27. The predicted octanol–water partition coefficient (Wildman–Crippen LogP) is 1.14. The topological polar surface area (TPSA) is 80.2 Å². The van der Waals surface area contributed by atoms with Gasteiger partial charge in [-0.2, -0.15) is 0 Å². The first kappa shape index (κ1) is 19.6. The van der Waals surface area contributed by atoms with Gasteiger partial charge in [-0.15, -0.1) is 0 Å². The van der Waals surface area contributed by atoms with Gasteiger partial charge in [0.1, 0.15) is 7.40 Å². The molecule has 0 aliphatic heterocycles. The van der Waals surface area contributed by atoms with Crippen molar-refractivity contribution in [2.45, 2.75) is 26.9 Å². The summed E-state index contributed by atoms with van der Waals surface area (Å²) in [6.07, 6.45) is 4.02. The summed E-state index contributed by atoms with van der Waals surface area (Å²) in [5.41, 5.74) is 1.91. The average molecular weight is 358 g/mol. The molecule has 2 aromatic carbocycles. The molecule has 0 spiro atoms. The summed E-state index contributed by atoms with van der Waals surface area (Å²) in [5, 5.41) is 18.9. The lowest BCUT2D eigenvalue weighted by Crippen LogP contribution is -2.39. The van der Waals surface area contributed by atoms with Crippen molar-refractivity contribution < 1.29 is 32.9 Å². The Balaban J connectivity index is 0.000000156. The number of rotatable bonds is 2. The second-order valence-electron chi connectivity index (χ2n) is 5.26. The Morgan fingerprint density at radius 2 is 1.15 bits per heavy atom. The predicted molar refractivity (Wildman–Crippen MR) is 91.0 cm³/mol. The molecule has 0 bridgehead atoms. The van der Waals surface area contributed by atoms with Gasteiger partial charge in [-0.05, 0) is 47.6 Å². The van der Waals surface area contributed by atoms with Gasteiger partial charge in [-0.3, -0.25) is 0 Å². The number of aryl methyl sites for hydroxylation is 2. The molecule has 8 heteroatoms. The number of nitrogens with zero attached hydrogens (tertiary/aromatic N) is 2. The van der Waals surface area contributed by atoms with Crippen LogP contribution in [-0.4, -0.2) is 7.40 Å². The Morgan fingerprint density at radius 1 is 0.808 bits per heavy atom. The van der Waals surface area contributed by atoms with E-state index in [1.54, 1.807) is 0 Å². The largest absolute Gasteiger partial charge is 0.867 e. The van der Waals surface area contributed by atoms with E-state index in [2.05, 4.69) is 13.8 Å². The Bertz CT molecular complexity index is 796. The molecule has 2 aromatic heterocycles. The molecule has 0 fully saturated rings. The zero-order valence-electron chi connectivity index (χ0n) is 14.7. The van der Waals surface area contributed by atoms with Crippen molar-refractivity contribution in [1.82, 2.24) is 0 Å². The van der Waals surface area contributed by atoms with E-state index in [0.29, 0.717) is 0 Å². The number of benzene rings is 2. The minimum absolute atomic E-state index is 0.884. The molecule has 2 heterocycles. The molecule has 0 saturated heterocycles. The van der Waals surface area contributed by atoms with Gasteiger partial charge in [-0.25, -0.2) is 9.05 Å². The van der Waals surface area contributed by atoms with Gasteiger partial charge in [0.25, 0.3) is 0 Å². The number of halogens is 1. The quantitative estimate of drug-likeness (QED) is 0.398. The van der Waals surface area contributed by atoms with Crippen LogP contribution in [0, 0.1) is 0 Å². The van der Waals surface area contributed by atoms with Crippen molar-refractivity contribution in [2.24, 2.45) is 0 Å². The second-order valence-corrected chi connectivity index (χ2v) is 5.26. The highest BCUT2D eigenvalue weighted by atomic mass is 19.1. The SMILES string of the molecule is CC[n+]1cc2ccccc2o1.CC[n+]1cc2ccccc2o1.[O-]B([O-])F. The number of aromatic nitrogens is 2. The molecule has 26 heavy (non-hydrogen) atoms. The Morgan fingerprint density at radius 3 is 1.46 bits per heavy atom. The molecule has 0 radical (unpaired) electrons. The first-order valence-electron chi connectivity index (χ1n) is 8.26. The molecule has 0 atom stereocenters. The van der Waals surface area contributed by atoms with Gasteiger partial charge >= 0.3 is 0 Å². The third-order valence-electron chi connectivity index (χ3n) is 3.46. The van der Waals surface area contributed by atoms with Crippen molar-refractivity contribution in [2.75, 3.05) is 0 Å². The number of fused-ring (bicyclic) bond motifs is 2. The highest BCUT2D eigenvalue weighted by molar-refractivity contribution is 6.27. The zero-order valence-corrected chi connectivity index (χ0v) is 14.7. The van der Waals surface area contributed by atoms with E-state index in [4.69, 9.17) is 19.1 Å². The van der Waals surface area contributed by atoms with Gasteiger partial charge in [-0.1, -0.05) is 24.3 Å². The molecule has 0 N–H and O–H groups in total. The third-order valence-corrected chi connectivity index (χ3v) is 3.46. The summed E-state index contributed by atoms with van der Waals surface area (Å²) in [7, 11) is -3.17. The van der Waals surface area contributed by atoms with Crippen molar-refractivity contribution in [3.63, 3.8) is 0 Å².